The highest BCUT2D eigenvalue weighted by atomic mass is 16.3. The van der Waals surface area contributed by atoms with E-state index in [9.17, 15) is 4.79 Å². The number of nitrogens with zero attached hydrogens (tertiary/aromatic N) is 1. The van der Waals surface area contributed by atoms with Gasteiger partial charge in [-0.15, -0.1) is 0 Å². The van der Waals surface area contributed by atoms with E-state index in [1.807, 2.05) is 19.1 Å². The summed E-state index contributed by atoms with van der Waals surface area (Å²) in [5.74, 6) is 0.851. The summed E-state index contributed by atoms with van der Waals surface area (Å²) >= 11 is 0. The van der Waals surface area contributed by atoms with Crippen molar-refractivity contribution in [3.8, 4) is 0 Å². The summed E-state index contributed by atoms with van der Waals surface area (Å²) in [6.45, 7) is 8.73. The Morgan fingerprint density at radius 3 is 2.86 bits per heavy atom. The van der Waals surface area contributed by atoms with Gasteiger partial charge in [-0.2, -0.15) is 0 Å². The van der Waals surface area contributed by atoms with Gasteiger partial charge in [0.2, 0.25) is 0 Å². The normalized spacial score (nSPS) is 24.4. The van der Waals surface area contributed by atoms with Gasteiger partial charge in [0.1, 0.15) is 5.52 Å². The Morgan fingerprint density at radius 2 is 2.14 bits per heavy atom. The SMILES string of the molecule is Cc1ccc2oc(C(=O)NC3CC(C)CC(C)(C)C3)cc2n1. The average Bonchev–Trinajstić information content (AvgIpc) is 2.79. The second-order valence-corrected chi connectivity index (χ2v) is 7.53. The molecule has 0 saturated heterocycles. The third-order valence-corrected chi connectivity index (χ3v) is 4.46. The highest BCUT2D eigenvalue weighted by Gasteiger charge is 2.33. The van der Waals surface area contributed by atoms with Gasteiger partial charge in [0, 0.05) is 17.8 Å². The number of pyridine rings is 1. The quantitative estimate of drug-likeness (QED) is 0.909. The summed E-state index contributed by atoms with van der Waals surface area (Å²) in [6, 6.07) is 5.70. The monoisotopic (exact) mass is 300 g/mol. The molecule has 2 unspecified atom stereocenters. The number of carbonyl (C=O) groups is 1. The maximum atomic E-state index is 12.5. The molecule has 4 nitrogen and oxygen atoms in total. The van der Waals surface area contributed by atoms with Crippen LogP contribution >= 0.6 is 0 Å². The molecule has 1 N–H and O–H groups in total. The summed E-state index contributed by atoms with van der Waals surface area (Å²) in [7, 11) is 0. The fourth-order valence-corrected chi connectivity index (χ4v) is 3.85. The Hall–Kier alpha value is -1.84. The maximum Gasteiger partial charge on any atom is 0.287 e. The Balaban J connectivity index is 1.75. The van der Waals surface area contributed by atoms with Crippen molar-refractivity contribution in [2.24, 2.45) is 11.3 Å². The van der Waals surface area contributed by atoms with Crippen molar-refractivity contribution >= 4 is 17.0 Å². The van der Waals surface area contributed by atoms with Gasteiger partial charge in [-0.25, -0.2) is 4.98 Å². The van der Waals surface area contributed by atoms with Crippen molar-refractivity contribution in [1.82, 2.24) is 10.3 Å². The third-order valence-electron chi connectivity index (χ3n) is 4.46. The molecule has 1 saturated carbocycles. The third kappa shape index (κ3) is 3.16. The van der Waals surface area contributed by atoms with Gasteiger partial charge < -0.3 is 9.73 Å². The largest absolute Gasteiger partial charge is 0.449 e. The van der Waals surface area contributed by atoms with E-state index < -0.39 is 0 Å². The number of fused-ring (bicyclic) bond motifs is 1. The molecular formula is C18H24N2O2. The van der Waals surface area contributed by atoms with Gasteiger partial charge in [0.05, 0.1) is 0 Å². The smallest absolute Gasteiger partial charge is 0.287 e. The van der Waals surface area contributed by atoms with Crippen LogP contribution in [-0.4, -0.2) is 16.9 Å². The Labute approximate surface area is 131 Å². The number of amides is 1. The number of aryl methyl sites for hydroxylation is 1. The molecule has 2 atom stereocenters. The van der Waals surface area contributed by atoms with Crippen LogP contribution in [-0.2, 0) is 0 Å². The average molecular weight is 300 g/mol. The summed E-state index contributed by atoms with van der Waals surface area (Å²) < 4.78 is 5.63. The minimum Gasteiger partial charge on any atom is -0.449 e. The molecule has 1 amide bonds. The van der Waals surface area contributed by atoms with Gasteiger partial charge in [-0.3, -0.25) is 4.79 Å². The second-order valence-electron chi connectivity index (χ2n) is 7.53. The van der Waals surface area contributed by atoms with Gasteiger partial charge in [-0.05, 0) is 49.7 Å². The summed E-state index contributed by atoms with van der Waals surface area (Å²) in [5.41, 5.74) is 2.60. The van der Waals surface area contributed by atoms with Gasteiger partial charge in [0.15, 0.2) is 11.3 Å². The van der Waals surface area contributed by atoms with Crippen molar-refractivity contribution in [3.63, 3.8) is 0 Å². The molecule has 2 aromatic heterocycles. The zero-order valence-electron chi connectivity index (χ0n) is 13.8. The highest BCUT2D eigenvalue weighted by molar-refractivity contribution is 5.95. The van der Waals surface area contributed by atoms with E-state index in [1.54, 1.807) is 6.07 Å². The molecule has 0 aromatic carbocycles. The van der Waals surface area contributed by atoms with Crippen LogP contribution in [0.4, 0.5) is 0 Å². The van der Waals surface area contributed by atoms with E-state index >= 15 is 0 Å². The standard InChI is InChI=1S/C18H24N2O2/c1-11-7-13(10-18(3,4)9-11)20-17(21)16-8-14-15(22-16)6-5-12(2)19-14/h5-6,8,11,13H,7,9-10H2,1-4H3,(H,20,21). The first-order valence-electron chi connectivity index (χ1n) is 8.00. The number of hydrogen-bond acceptors (Lipinski definition) is 3. The Bertz CT molecular complexity index is 702. The molecule has 3 rings (SSSR count). The lowest BCUT2D eigenvalue weighted by Gasteiger charge is -2.39. The zero-order valence-corrected chi connectivity index (χ0v) is 13.8. The topological polar surface area (TPSA) is 55.1 Å². The zero-order chi connectivity index (χ0) is 15.9. The predicted octanol–water partition coefficient (Wildman–Crippen LogP) is 4.08. The van der Waals surface area contributed by atoms with E-state index in [2.05, 4.69) is 31.1 Å². The van der Waals surface area contributed by atoms with Crippen molar-refractivity contribution < 1.29 is 9.21 Å². The number of rotatable bonds is 2. The van der Waals surface area contributed by atoms with E-state index in [4.69, 9.17) is 4.42 Å². The lowest BCUT2D eigenvalue weighted by molar-refractivity contribution is 0.0849. The summed E-state index contributed by atoms with van der Waals surface area (Å²) in [5, 5.41) is 3.14. The molecule has 4 heteroatoms. The van der Waals surface area contributed by atoms with Crippen molar-refractivity contribution in [1.29, 1.82) is 0 Å². The predicted molar refractivity (Wildman–Crippen MR) is 86.8 cm³/mol. The van der Waals surface area contributed by atoms with E-state index in [0.717, 1.165) is 24.1 Å². The molecule has 22 heavy (non-hydrogen) atoms. The molecular weight excluding hydrogens is 276 g/mol. The lowest BCUT2D eigenvalue weighted by Crippen LogP contribution is -2.42. The number of aromatic nitrogens is 1. The van der Waals surface area contributed by atoms with E-state index in [0.29, 0.717) is 17.3 Å². The first kappa shape index (κ1) is 15.1. The van der Waals surface area contributed by atoms with Crippen LogP contribution in [0.15, 0.2) is 22.6 Å². The first-order chi connectivity index (χ1) is 10.3. The molecule has 2 aromatic rings. The molecule has 1 fully saturated rings. The second kappa shape index (κ2) is 5.41. The van der Waals surface area contributed by atoms with E-state index in [1.165, 1.54) is 6.42 Å². The van der Waals surface area contributed by atoms with Crippen LogP contribution in [0.3, 0.4) is 0 Å². The van der Waals surface area contributed by atoms with Crippen LogP contribution in [0.5, 0.6) is 0 Å². The van der Waals surface area contributed by atoms with Crippen molar-refractivity contribution in [3.05, 3.63) is 29.7 Å². The fourth-order valence-electron chi connectivity index (χ4n) is 3.85. The van der Waals surface area contributed by atoms with Crippen LogP contribution in [0, 0.1) is 18.3 Å². The van der Waals surface area contributed by atoms with Crippen LogP contribution < -0.4 is 5.32 Å². The van der Waals surface area contributed by atoms with Crippen LogP contribution in [0.25, 0.3) is 11.1 Å². The fraction of sp³-hybridized carbons (Fsp3) is 0.556. The number of furan rings is 1. The maximum absolute atomic E-state index is 12.5. The van der Waals surface area contributed by atoms with Gasteiger partial charge >= 0.3 is 0 Å². The molecule has 0 radical (unpaired) electrons. The molecule has 0 aliphatic heterocycles. The summed E-state index contributed by atoms with van der Waals surface area (Å²) in [6.07, 6.45) is 3.26. The first-order valence-corrected chi connectivity index (χ1v) is 8.00. The van der Waals surface area contributed by atoms with E-state index in [-0.39, 0.29) is 17.4 Å². The van der Waals surface area contributed by atoms with Crippen LogP contribution in [0.1, 0.15) is 56.3 Å². The highest BCUT2D eigenvalue weighted by Crippen LogP contribution is 2.38. The van der Waals surface area contributed by atoms with Gasteiger partial charge in [-0.1, -0.05) is 20.8 Å². The molecule has 118 valence electrons. The molecule has 0 bridgehead atoms. The van der Waals surface area contributed by atoms with Crippen molar-refractivity contribution in [2.45, 2.75) is 53.0 Å². The molecule has 0 spiro atoms. The molecule has 2 heterocycles. The molecule has 1 aliphatic carbocycles. The Morgan fingerprint density at radius 1 is 1.36 bits per heavy atom. The Kier molecular flexibility index (Phi) is 3.71. The number of carbonyl (C=O) groups excluding carboxylic acids is 1. The van der Waals surface area contributed by atoms with Crippen LogP contribution in [0.2, 0.25) is 0 Å². The summed E-state index contributed by atoms with van der Waals surface area (Å²) in [4.78, 5) is 16.8. The van der Waals surface area contributed by atoms with Crippen molar-refractivity contribution in [2.75, 3.05) is 0 Å². The minimum atomic E-state index is -0.134. The van der Waals surface area contributed by atoms with Gasteiger partial charge in [0.25, 0.3) is 5.91 Å². The number of hydrogen-bond donors (Lipinski definition) is 1. The number of nitrogens with one attached hydrogen (secondary N) is 1. The molecule has 1 aliphatic rings. The minimum absolute atomic E-state index is 0.134. The lowest BCUT2D eigenvalue weighted by atomic mass is 9.70.